The van der Waals surface area contributed by atoms with Crippen LogP contribution in [0.3, 0.4) is 0 Å². The molecule has 1 N–H and O–H groups in total. The number of hydrogen-bond donors (Lipinski definition) is 1. The lowest BCUT2D eigenvalue weighted by Gasteiger charge is -2.22. The Morgan fingerprint density at radius 2 is 2.10 bits per heavy atom. The van der Waals surface area contributed by atoms with Gasteiger partial charge in [0.15, 0.2) is 0 Å². The first kappa shape index (κ1) is 14.8. The molecule has 0 radical (unpaired) electrons. The molecule has 110 valence electrons. The Morgan fingerprint density at radius 1 is 1.40 bits per heavy atom. The molecule has 1 aliphatic carbocycles. The van der Waals surface area contributed by atoms with Gasteiger partial charge in [0.25, 0.3) is 0 Å². The molecule has 0 aromatic heterocycles. The molecule has 0 spiro atoms. The largest absolute Gasteiger partial charge is 0.353 e. The minimum Gasteiger partial charge on any atom is -0.353 e. The van der Waals surface area contributed by atoms with E-state index in [-0.39, 0.29) is 18.9 Å². The highest BCUT2D eigenvalue weighted by atomic mass is 32.2. The van der Waals surface area contributed by atoms with Crippen molar-refractivity contribution in [2.75, 3.05) is 17.1 Å². The first-order valence-electron chi connectivity index (χ1n) is 6.70. The minimum absolute atomic E-state index is 0.0891. The molecular weight excluding hydrogens is 276 g/mol. The maximum atomic E-state index is 11.9. The molecule has 1 saturated carbocycles. The second kappa shape index (κ2) is 5.83. The minimum atomic E-state index is -3.39. The Hall–Kier alpha value is -1.56. The van der Waals surface area contributed by atoms with E-state index in [2.05, 4.69) is 5.32 Å². The van der Waals surface area contributed by atoms with Gasteiger partial charge in [0.1, 0.15) is 0 Å². The maximum absolute atomic E-state index is 11.9. The lowest BCUT2D eigenvalue weighted by molar-refractivity contribution is -0.121. The summed E-state index contributed by atoms with van der Waals surface area (Å²) in [5, 5.41) is 2.86. The Labute approximate surface area is 120 Å². The second-order valence-electron chi connectivity index (χ2n) is 5.27. The van der Waals surface area contributed by atoms with Crippen LogP contribution in [-0.4, -0.2) is 33.2 Å². The molecule has 2 rings (SSSR count). The van der Waals surface area contributed by atoms with Crippen LogP contribution in [0.15, 0.2) is 24.3 Å². The lowest BCUT2D eigenvalue weighted by Crippen LogP contribution is -2.35. The molecule has 5 nitrogen and oxygen atoms in total. The number of sulfonamides is 1. The van der Waals surface area contributed by atoms with Gasteiger partial charge in [-0.15, -0.1) is 0 Å². The Morgan fingerprint density at radius 3 is 2.65 bits per heavy atom. The van der Waals surface area contributed by atoms with Crippen LogP contribution in [0.2, 0.25) is 0 Å². The van der Waals surface area contributed by atoms with E-state index in [0.29, 0.717) is 11.7 Å². The van der Waals surface area contributed by atoms with Gasteiger partial charge in [-0.25, -0.2) is 8.42 Å². The number of benzene rings is 1. The van der Waals surface area contributed by atoms with Crippen LogP contribution in [-0.2, 0) is 14.8 Å². The van der Waals surface area contributed by atoms with Crippen molar-refractivity contribution in [3.63, 3.8) is 0 Å². The van der Waals surface area contributed by atoms with Crippen molar-refractivity contribution < 1.29 is 13.2 Å². The van der Waals surface area contributed by atoms with Crippen molar-refractivity contribution in [2.45, 2.75) is 32.2 Å². The fourth-order valence-corrected chi connectivity index (χ4v) is 2.92. The van der Waals surface area contributed by atoms with Crippen LogP contribution in [0.4, 0.5) is 5.69 Å². The van der Waals surface area contributed by atoms with Crippen molar-refractivity contribution in [2.24, 2.45) is 0 Å². The summed E-state index contributed by atoms with van der Waals surface area (Å²) in [6.45, 7) is 2.07. The molecule has 0 atom stereocenters. The van der Waals surface area contributed by atoms with Crippen LogP contribution >= 0.6 is 0 Å². The van der Waals surface area contributed by atoms with Crippen LogP contribution in [0.1, 0.15) is 24.8 Å². The van der Waals surface area contributed by atoms with Gasteiger partial charge < -0.3 is 5.32 Å². The van der Waals surface area contributed by atoms with E-state index < -0.39 is 10.0 Å². The Kier molecular flexibility index (Phi) is 4.32. The molecule has 0 heterocycles. The molecule has 1 amide bonds. The van der Waals surface area contributed by atoms with E-state index in [1.807, 2.05) is 19.1 Å². The van der Waals surface area contributed by atoms with Gasteiger partial charge >= 0.3 is 0 Å². The van der Waals surface area contributed by atoms with Gasteiger partial charge in [0.05, 0.1) is 11.9 Å². The molecule has 1 aromatic carbocycles. The van der Waals surface area contributed by atoms with Crippen molar-refractivity contribution in [3.05, 3.63) is 29.8 Å². The van der Waals surface area contributed by atoms with E-state index in [4.69, 9.17) is 0 Å². The summed E-state index contributed by atoms with van der Waals surface area (Å²) < 4.78 is 25.1. The normalized spacial score (nSPS) is 14.9. The highest BCUT2D eigenvalue weighted by molar-refractivity contribution is 7.92. The molecule has 0 unspecified atom stereocenters. The number of rotatable bonds is 6. The van der Waals surface area contributed by atoms with Crippen LogP contribution in [0.25, 0.3) is 0 Å². The van der Waals surface area contributed by atoms with Gasteiger partial charge in [0.2, 0.25) is 15.9 Å². The molecular formula is C14H20N2O3S. The molecule has 1 aliphatic rings. The summed E-state index contributed by atoms with van der Waals surface area (Å²) in [6, 6.07) is 7.57. The van der Waals surface area contributed by atoms with Crippen molar-refractivity contribution in [1.29, 1.82) is 0 Å². The van der Waals surface area contributed by atoms with E-state index in [1.54, 1.807) is 12.1 Å². The summed E-state index contributed by atoms with van der Waals surface area (Å²) in [6.07, 6.45) is 3.39. The number of hydrogen-bond acceptors (Lipinski definition) is 3. The van der Waals surface area contributed by atoms with Gasteiger partial charge in [0, 0.05) is 19.0 Å². The lowest BCUT2D eigenvalue weighted by atomic mass is 10.2. The van der Waals surface area contributed by atoms with Crippen molar-refractivity contribution >= 4 is 21.6 Å². The molecule has 1 fully saturated rings. The first-order valence-corrected chi connectivity index (χ1v) is 8.55. The van der Waals surface area contributed by atoms with Gasteiger partial charge in [-0.2, -0.15) is 0 Å². The fraction of sp³-hybridized carbons (Fsp3) is 0.500. The van der Waals surface area contributed by atoms with Gasteiger partial charge in [-0.05, 0) is 37.5 Å². The number of aryl methyl sites for hydroxylation is 1. The third kappa shape index (κ3) is 4.23. The Balaban J connectivity index is 2.06. The molecule has 0 aliphatic heterocycles. The quantitative estimate of drug-likeness (QED) is 0.863. The van der Waals surface area contributed by atoms with Crippen molar-refractivity contribution in [1.82, 2.24) is 5.32 Å². The SMILES string of the molecule is Cc1cccc(N(CCC(=O)NC2CC2)S(C)(=O)=O)c1. The topological polar surface area (TPSA) is 66.5 Å². The number of anilines is 1. The number of carbonyl (C=O) groups excluding carboxylic acids is 1. The monoisotopic (exact) mass is 296 g/mol. The van der Waals surface area contributed by atoms with Crippen LogP contribution in [0, 0.1) is 6.92 Å². The summed E-state index contributed by atoms with van der Waals surface area (Å²) in [7, 11) is -3.39. The highest BCUT2D eigenvalue weighted by Gasteiger charge is 2.24. The number of nitrogens with one attached hydrogen (secondary N) is 1. The highest BCUT2D eigenvalue weighted by Crippen LogP contribution is 2.20. The number of amides is 1. The average molecular weight is 296 g/mol. The smallest absolute Gasteiger partial charge is 0.232 e. The molecule has 0 saturated heterocycles. The Bertz CT molecular complexity index is 594. The van der Waals surface area contributed by atoms with Gasteiger partial charge in [-0.3, -0.25) is 9.10 Å². The van der Waals surface area contributed by atoms with Gasteiger partial charge in [-0.1, -0.05) is 12.1 Å². The zero-order valence-electron chi connectivity index (χ0n) is 11.8. The molecule has 1 aromatic rings. The maximum Gasteiger partial charge on any atom is 0.232 e. The predicted octanol–water partition coefficient (Wildman–Crippen LogP) is 1.43. The predicted molar refractivity (Wildman–Crippen MR) is 79.2 cm³/mol. The summed E-state index contributed by atoms with van der Waals surface area (Å²) in [4.78, 5) is 11.7. The fourth-order valence-electron chi connectivity index (χ4n) is 2.00. The van der Waals surface area contributed by atoms with Crippen LogP contribution < -0.4 is 9.62 Å². The number of nitrogens with zero attached hydrogens (tertiary/aromatic N) is 1. The van der Waals surface area contributed by atoms with E-state index in [9.17, 15) is 13.2 Å². The molecule has 20 heavy (non-hydrogen) atoms. The summed E-state index contributed by atoms with van der Waals surface area (Å²) in [5.74, 6) is -0.0891. The van der Waals surface area contributed by atoms with E-state index in [1.165, 1.54) is 4.31 Å². The van der Waals surface area contributed by atoms with E-state index in [0.717, 1.165) is 24.7 Å². The average Bonchev–Trinajstić information content (AvgIpc) is 3.11. The third-order valence-corrected chi connectivity index (χ3v) is 4.37. The zero-order chi connectivity index (χ0) is 14.8. The summed E-state index contributed by atoms with van der Waals surface area (Å²) in [5.41, 5.74) is 1.59. The first-order chi connectivity index (χ1) is 9.36. The second-order valence-corrected chi connectivity index (χ2v) is 7.17. The van der Waals surface area contributed by atoms with Crippen LogP contribution in [0.5, 0.6) is 0 Å². The standard InChI is InChI=1S/C14H20N2O3S/c1-11-4-3-5-13(10-11)16(20(2,18)19)9-8-14(17)15-12-6-7-12/h3-5,10,12H,6-9H2,1-2H3,(H,15,17). The molecule has 0 bridgehead atoms. The summed E-state index contributed by atoms with van der Waals surface area (Å²) >= 11 is 0. The van der Waals surface area contributed by atoms with E-state index >= 15 is 0 Å². The van der Waals surface area contributed by atoms with Crippen molar-refractivity contribution in [3.8, 4) is 0 Å². The third-order valence-electron chi connectivity index (χ3n) is 3.17. The zero-order valence-corrected chi connectivity index (χ0v) is 12.6. The number of carbonyl (C=O) groups is 1. The molecule has 6 heteroatoms.